The van der Waals surface area contributed by atoms with Crippen LogP contribution in [0.5, 0.6) is 0 Å². The number of carbonyl (C=O) groups excluding carboxylic acids is 1. The van der Waals surface area contributed by atoms with E-state index in [2.05, 4.69) is 0 Å². The molecule has 0 saturated heterocycles. The van der Waals surface area contributed by atoms with Crippen molar-refractivity contribution in [1.82, 2.24) is 9.47 Å². The topological polar surface area (TPSA) is 62.5 Å². The minimum Gasteiger partial charge on any atom is -0.389 e. The number of aryl methyl sites for hydroxylation is 1. The van der Waals surface area contributed by atoms with Crippen LogP contribution in [0, 0.1) is 6.92 Å². The minimum absolute atomic E-state index is 0.0398. The summed E-state index contributed by atoms with van der Waals surface area (Å²) in [5.41, 5.74) is -0.141. The van der Waals surface area contributed by atoms with E-state index >= 15 is 0 Å². The number of aliphatic hydroxyl groups is 1. The Bertz CT molecular complexity index is 470. The number of hydrogen-bond donors (Lipinski definition) is 1. The van der Waals surface area contributed by atoms with Crippen LogP contribution in [-0.4, -0.2) is 39.2 Å². The molecule has 0 aromatic carbocycles. The third kappa shape index (κ3) is 3.96. The molecule has 0 unspecified atom stereocenters. The molecule has 0 radical (unpaired) electrons. The summed E-state index contributed by atoms with van der Waals surface area (Å²) in [6.45, 7) is 7.79. The number of aromatic nitrogens is 1. The van der Waals surface area contributed by atoms with Crippen molar-refractivity contribution < 1.29 is 9.90 Å². The predicted octanol–water partition coefficient (Wildman–Crippen LogP) is 0.838. The van der Waals surface area contributed by atoms with Crippen molar-refractivity contribution in [3.63, 3.8) is 0 Å². The molecule has 0 aliphatic carbocycles. The molecule has 6 heteroatoms. The molecule has 1 N–H and O–H groups in total. The highest BCUT2D eigenvalue weighted by molar-refractivity contribution is 7.07. The largest absolute Gasteiger partial charge is 0.389 e. The maximum atomic E-state index is 12.1. The molecule has 1 rings (SSSR count). The van der Waals surface area contributed by atoms with Gasteiger partial charge in [-0.2, -0.15) is 0 Å². The molecule has 0 fully saturated rings. The number of rotatable bonds is 5. The molecule has 0 aliphatic rings. The minimum atomic E-state index is -0.930. The lowest BCUT2D eigenvalue weighted by molar-refractivity contribution is -0.134. The number of nitrogens with zero attached hydrogens (tertiary/aromatic N) is 2. The summed E-state index contributed by atoms with van der Waals surface area (Å²) in [6, 6.07) is 0. The zero-order chi connectivity index (χ0) is 13.9. The third-order valence-electron chi connectivity index (χ3n) is 2.58. The molecule has 18 heavy (non-hydrogen) atoms. The predicted molar refractivity (Wildman–Crippen MR) is 71.9 cm³/mol. The van der Waals surface area contributed by atoms with Crippen LogP contribution in [0.2, 0.25) is 0 Å². The molecule has 0 aliphatic heterocycles. The summed E-state index contributed by atoms with van der Waals surface area (Å²) in [5.74, 6) is -0.150. The van der Waals surface area contributed by atoms with Gasteiger partial charge in [0, 0.05) is 24.2 Å². The van der Waals surface area contributed by atoms with Gasteiger partial charge < -0.3 is 10.0 Å². The summed E-state index contributed by atoms with van der Waals surface area (Å²) < 4.78 is 1.46. The molecule has 5 nitrogen and oxygen atoms in total. The van der Waals surface area contributed by atoms with Crippen molar-refractivity contribution >= 4 is 17.2 Å². The van der Waals surface area contributed by atoms with Crippen LogP contribution in [0.25, 0.3) is 0 Å². The van der Waals surface area contributed by atoms with Crippen molar-refractivity contribution in [3.05, 3.63) is 20.7 Å². The fraction of sp³-hybridized carbons (Fsp3) is 0.667. The summed E-state index contributed by atoms with van der Waals surface area (Å²) in [5, 5.41) is 11.5. The van der Waals surface area contributed by atoms with Gasteiger partial charge in [-0.25, -0.2) is 0 Å². The molecular weight excluding hydrogens is 252 g/mol. The van der Waals surface area contributed by atoms with Gasteiger partial charge in [0.2, 0.25) is 5.91 Å². The molecular formula is C12H20N2O3S. The Morgan fingerprint density at radius 3 is 2.56 bits per heavy atom. The Kier molecular flexibility index (Phi) is 4.70. The molecule has 1 aromatic heterocycles. The summed E-state index contributed by atoms with van der Waals surface area (Å²) in [4.78, 5) is 25.1. The average Bonchev–Trinajstić information content (AvgIpc) is 2.56. The Morgan fingerprint density at radius 2 is 2.17 bits per heavy atom. The van der Waals surface area contributed by atoms with Crippen LogP contribution in [0.3, 0.4) is 0 Å². The van der Waals surface area contributed by atoms with Crippen molar-refractivity contribution in [2.45, 2.75) is 39.8 Å². The standard InChI is InChI=1S/C12H20N2O3S/c1-5-13(8-12(3,4)17)10(15)6-14-9(2)7-18-11(14)16/h7,17H,5-6,8H2,1-4H3. The lowest BCUT2D eigenvalue weighted by atomic mass is 10.1. The van der Waals surface area contributed by atoms with E-state index in [1.54, 1.807) is 31.1 Å². The first-order valence-electron chi connectivity index (χ1n) is 5.89. The van der Waals surface area contributed by atoms with Gasteiger partial charge >= 0.3 is 4.87 Å². The van der Waals surface area contributed by atoms with E-state index in [4.69, 9.17) is 0 Å². The zero-order valence-corrected chi connectivity index (χ0v) is 12.1. The first kappa shape index (κ1) is 14.9. The van der Waals surface area contributed by atoms with E-state index in [1.807, 2.05) is 6.92 Å². The quantitative estimate of drug-likeness (QED) is 0.864. The van der Waals surface area contributed by atoms with Gasteiger partial charge in [-0.3, -0.25) is 14.2 Å². The summed E-state index contributed by atoms with van der Waals surface area (Å²) in [7, 11) is 0. The van der Waals surface area contributed by atoms with Crippen molar-refractivity contribution in [2.24, 2.45) is 0 Å². The average molecular weight is 272 g/mol. The monoisotopic (exact) mass is 272 g/mol. The van der Waals surface area contributed by atoms with E-state index in [0.29, 0.717) is 6.54 Å². The number of amides is 1. The highest BCUT2D eigenvalue weighted by atomic mass is 32.1. The van der Waals surface area contributed by atoms with Crippen LogP contribution >= 0.6 is 11.3 Å². The van der Waals surface area contributed by atoms with Crippen LogP contribution in [0.15, 0.2) is 10.2 Å². The Balaban J connectivity index is 2.78. The Labute approximate surface area is 111 Å². The lowest BCUT2D eigenvalue weighted by Crippen LogP contribution is -2.44. The first-order chi connectivity index (χ1) is 8.24. The van der Waals surface area contributed by atoms with Crippen molar-refractivity contribution in [2.75, 3.05) is 13.1 Å². The van der Waals surface area contributed by atoms with E-state index in [1.165, 1.54) is 4.57 Å². The molecule has 0 bridgehead atoms. The van der Waals surface area contributed by atoms with Gasteiger partial charge in [-0.1, -0.05) is 11.3 Å². The maximum Gasteiger partial charge on any atom is 0.307 e. The normalized spacial score (nSPS) is 11.6. The van der Waals surface area contributed by atoms with Gasteiger partial charge in [-0.05, 0) is 27.7 Å². The van der Waals surface area contributed by atoms with Gasteiger partial charge in [-0.15, -0.1) is 0 Å². The molecule has 1 amide bonds. The maximum absolute atomic E-state index is 12.1. The van der Waals surface area contributed by atoms with Crippen molar-refractivity contribution in [1.29, 1.82) is 0 Å². The smallest absolute Gasteiger partial charge is 0.307 e. The molecule has 0 spiro atoms. The molecule has 0 saturated carbocycles. The molecule has 0 atom stereocenters. The molecule has 102 valence electrons. The van der Waals surface area contributed by atoms with Crippen LogP contribution < -0.4 is 4.87 Å². The number of carbonyl (C=O) groups is 1. The van der Waals surface area contributed by atoms with Gasteiger partial charge in [0.25, 0.3) is 0 Å². The SMILES string of the molecule is CCN(CC(C)(C)O)C(=O)Cn1c(C)csc1=O. The van der Waals surface area contributed by atoms with E-state index in [9.17, 15) is 14.7 Å². The van der Waals surface area contributed by atoms with Crippen LogP contribution in [0.4, 0.5) is 0 Å². The number of likely N-dealkylation sites (N-methyl/N-ethyl adjacent to an activating group) is 1. The van der Waals surface area contributed by atoms with Crippen molar-refractivity contribution in [3.8, 4) is 0 Å². The summed E-state index contributed by atoms with van der Waals surface area (Å²) >= 11 is 1.09. The van der Waals surface area contributed by atoms with E-state index < -0.39 is 5.60 Å². The van der Waals surface area contributed by atoms with Crippen LogP contribution in [-0.2, 0) is 11.3 Å². The van der Waals surface area contributed by atoms with Crippen LogP contribution in [0.1, 0.15) is 26.5 Å². The van der Waals surface area contributed by atoms with Gasteiger partial charge in [0.05, 0.1) is 5.60 Å². The second-order valence-electron chi connectivity index (χ2n) is 4.95. The Hall–Kier alpha value is -1.14. The zero-order valence-electron chi connectivity index (χ0n) is 11.3. The fourth-order valence-electron chi connectivity index (χ4n) is 1.67. The second-order valence-corrected chi connectivity index (χ2v) is 5.77. The van der Waals surface area contributed by atoms with Gasteiger partial charge in [0.15, 0.2) is 0 Å². The number of hydrogen-bond acceptors (Lipinski definition) is 4. The molecule has 1 aromatic rings. The van der Waals surface area contributed by atoms with E-state index in [-0.39, 0.29) is 23.9 Å². The van der Waals surface area contributed by atoms with Gasteiger partial charge in [0.1, 0.15) is 6.54 Å². The Morgan fingerprint density at radius 1 is 1.56 bits per heavy atom. The highest BCUT2D eigenvalue weighted by Gasteiger charge is 2.22. The molecule has 1 heterocycles. The number of thiazole rings is 1. The lowest BCUT2D eigenvalue weighted by Gasteiger charge is -2.28. The highest BCUT2D eigenvalue weighted by Crippen LogP contribution is 2.07. The fourth-order valence-corrected chi connectivity index (χ4v) is 2.41. The van der Waals surface area contributed by atoms with E-state index in [0.717, 1.165) is 17.0 Å². The third-order valence-corrected chi connectivity index (χ3v) is 3.46. The first-order valence-corrected chi connectivity index (χ1v) is 6.77. The second kappa shape index (κ2) is 5.67. The summed E-state index contributed by atoms with van der Waals surface area (Å²) in [6.07, 6.45) is 0.